The van der Waals surface area contributed by atoms with E-state index >= 15 is 0 Å². The van der Waals surface area contributed by atoms with Gasteiger partial charge in [-0.05, 0) is 23.1 Å². The molecule has 1 saturated heterocycles. The molecule has 2 unspecified atom stereocenters. The summed E-state index contributed by atoms with van der Waals surface area (Å²) in [6, 6.07) is 19.0. The van der Waals surface area contributed by atoms with Crippen molar-refractivity contribution >= 4 is 17.5 Å². The number of nitrogens with one attached hydrogen (secondary N) is 1. The van der Waals surface area contributed by atoms with Crippen LogP contribution in [0.5, 0.6) is 0 Å². The molecule has 4 heteroatoms. The summed E-state index contributed by atoms with van der Waals surface area (Å²) in [6.45, 7) is 6.76. The first-order valence-electron chi connectivity index (χ1n) is 8.58. The largest absolute Gasteiger partial charge is 0.333 e. The molecule has 2 atom stereocenters. The van der Waals surface area contributed by atoms with Crippen LogP contribution in [-0.4, -0.2) is 22.8 Å². The molecule has 4 nitrogen and oxygen atoms in total. The second kappa shape index (κ2) is 6.71. The van der Waals surface area contributed by atoms with Crippen molar-refractivity contribution in [2.75, 3.05) is 5.32 Å². The highest BCUT2D eigenvalue weighted by Gasteiger charge is 2.55. The number of hydrogen-bond donors (Lipinski definition) is 1. The van der Waals surface area contributed by atoms with Crippen LogP contribution in [0.4, 0.5) is 5.69 Å². The topological polar surface area (TPSA) is 49.4 Å². The van der Waals surface area contributed by atoms with Crippen molar-refractivity contribution in [3.63, 3.8) is 0 Å². The van der Waals surface area contributed by atoms with Crippen LogP contribution in [0.15, 0.2) is 60.7 Å². The number of anilines is 1. The van der Waals surface area contributed by atoms with Crippen LogP contribution in [-0.2, 0) is 16.1 Å². The van der Waals surface area contributed by atoms with Crippen molar-refractivity contribution in [3.8, 4) is 0 Å². The van der Waals surface area contributed by atoms with Crippen LogP contribution in [0, 0.1) is 11.3 Å². The van der Waals surface area contributed by atoms with Gasteiger partial charge in [0.15, 0.2) is 0 Å². The number of hydrogen-bond acceptors (Lipinski definition) is 2. The lowest BCUT2D eigenvalue weighted by molar-refractivity contribution is -0.169. The third-order valence-corrected chi connectivity index (χ3v) is 4.61. The summed E-state index contributed by atoms with van der Waals surface area (Å²) in [5.41, 5.74) is 1.61. The molecule has 25 heavy (non-hydrogen) atoms. The van der Waals surface area contributed by atoms with E-state index in [0.29, 0.717) is 6.54 Å². The Labute approximate surface area is 148 Å². The molecule has 1 aliphatic heterocycles. The van der Waals surface area contributed by atoms with E-state index in [1.165, 1.54) is 0 Å². The predicted molar refractivity (Wildman–Crippen MR) is 98.8 cm³/mol. The van der Waals surface area contributed by atoms with Crippen LogP contribution >= 0.6 is 0 Å². The Balaban J connectivity index is 1.78. The minimum absolute atomic E-state index is 0.0998. The number of nitrogens with zero attached hydrogens (tertiary/aromatic N) is 1. The molecule has 0 bridgehead atoms. The average molecular weight is 336 g/mol. The zero-order valence-corrected chi connectivity index (χ0v) is 14.9. The van der Waals surface area contributed by atoms with Crippen molar-refractivity contribution in [2.24, 2.45) is 11.3 Å². The standard InChI is InChI=1S/C21H24N2O2/c1-21(2,3)18-17(19(24)22-16-12-8-5-9-13-16)20(25)23(18)14-15-10-6-4-7-11-15/h4-13,17-18H,14H2,1-3H3,(H,22,24). The second-order valence-corrected chi connectivity index (χ2v) is 7.60. The van der Waals surface area contributed by atoms with Crippen molar-refractivity contribution < 1.29 is 9.59 Å². The van der Waals surface area contributed by atoms with Crippen LogP contribution < -0.4 is 5.32 Å². The minimum Gasteiger partial charge on any atom is -0.333 e. The zero-order valence-electron chi connectivity index (χ0n) is 14.9. The van der Waals surface area contributed by atoms with E-state index in [2.05, 4.69) is 26.1 Å². The van der Waals surface area contributed by atoms with Gasteiger partial charge in [0, 0.05) is 12.2 Å². The van der Waals surface area contributed by atoms with E-state index in [9.17, 15) is 9.59 Å². The van der Waals surface area contributed by atoms with Gasteiger partial charge in [-0.3, -0.25) is 9.59 Å². The van der Waals surface area contributed by atoms with Crippen molar-refractivity contribution in [3.05, 3.63) is 66.2 Å². The third-order valence-electron chi connectivity index (χ3n) is 4.61. The molecule has 2 amide bonds. The van der Waals surface area contributed by atoms with Gasteiger partial charge in [0.05, 0.1) is 6.04 Å². The third kappa shape index (κ3) is 3.58. The fourth-order valence-corrected chi connectivity index (χ4v) is 3.47. The summed E-state index contributed by atoms with van der Waals surface area (Å²) < 4.78 is 0. The maximum absolute atomic E-state index is 12.7. The molecular weight excluding hydrogens is 312 g/mol. The van der Waals surface area contributed by atoms with Crippen LogP contribution in [0.1, 0.15) is 26.3 Å². The van der Waals surface area contributed by atoms with Crippen molar-refractivity contribution in [1.82, 2.24) is 4.90 Å². The van der Waals surface area contributed by atoms with Gasteiger partial charge in [0.2, 0.25) is 11.8 Å². The number of carbonyl (C=O) groups excluding carboxylic acids is 2. The van der Waals surface area contributed by atoms with Gasteiger partial charge >= 0.3 is 0 Å². The quantitative estimate of drug-likeness (QED) is 0.684. The first-order chi connectivity index (χ1) is 11.9. The molecule has 0 aromatic heterocycles. The first-order valence-corrected chi connectivity index (χ1v) is 8.58. The molecule has 1 heterocycles. The highest BCUT2D eigenvalue weighted by atomic mass is 16.2. The molecule has 0 aliphatic carbocycles. The SMILES string of the molecule is CC(C)(C)C1C(C(=O)Nc2ccccc2)C(=O)N1Cc1ccccc1. The highest BCUT2D eigenvalue weighted by Crippen LogP contribution is 2.40. The van der Waals surface area contributed by atoms with E-state index < -0.39 is 5.92 Å². The van der Waals surface area contributed by atoms with Gasteiger partial charge in [0.1, 0.15) is 5.92 Å². The fourth-order valence-electron chi connectivity index (χ4n) is 3.47. The van der Waals surface area contributed by atoms with Crippen LogP contribution in [0.2, 0.25) is 0 Å². The van der Waals surface area contributed by atoms with E-state index in [1.807, 2.05) is 65.6 Å². The molecule has 2 aromatic rings. The maximum atomic E-state index is 12.7. The summed E-state index contributed by atoms with van der Waals surface area (Å²) in [6.07, 6.45) is 0. The molecule has 0 radical (unpaired) electrons. The molecule has 0 spiro atoms. The summed E-state index contributed by atoms with van der Waals surface area (Å²) in [5, 5.41) is 2.87. The van der Waals surface area contributed by atoms with Crippen LogP contribution in [0.25, 0.3) is 0 Å². The molecule has 2 aromatic carbocycles. The molecular formula is C21H24N2O2. The Morgan fingerprint density at radius 3 is 2.12 bits per heavy atom. The van der Waals surface area contributed by atoms with Crippen molar-refractivity contribution in [1.29, 1.82) is 0 Å². The van der Waals surface area contributed by atoms with Gasteiger partial charge < -0.3 is 10.2 Å². The monoisotopic (exact) mass is 336 g/mol. The summed E-state index contributed by atoms with van der Waals surface area (Å²) in [5.74, 6) is -0.957. The number of β-lactam (4-membered cyclic amide) rings is 1. The minimum atomic E-state index is -0.635. The lowest BCUT2D eigenvalue weighted by atomic mass is 9.71. The molecule has 1 aliphatic rings. The summed E-state index contributed by atoms with van der Waals surface area (Å²) in [4.78, 5) is 27.2. The number of para-hydroxylation sites is 1. The number of carbonyl (C=O) groups is 2. The van der Waals surface area contributed by atoms with Gasteiger partial charge in [-0.25, -0.2) is 0 Å². The van der Waals surface area contributed by atoms with E-state index in [4.69, 9.17) is 0 Å². The molecule has 1 fully saturated rings. The van der Waals surface area contributed by atoms with Gasteiger partial charge in [-0.2, -0.15) is 0 Å². The molecule has 1 N–H and O–H groups in total. The van der Waals surface area contributed by atoms with E-state index in [1.54, 1.807) is 0 Å². The smallest absolute Gasteiger partial charge is 0.239 e. The van der Waals surface area contributed by atoms with Gasteiger partial charge in [0.25, 0.3) is 0 Å². The Bertz CT molecular complexity index is 750. The number of benzene rings is 2. The van der Waals surface area contributed by atoms with Crippen LogP contribution in [0.3, 0.4) is 0 Å². The predicted octanol–water partition coefficient (Wildman–Crippen LogP) is 3.70. The maximum Gasteiger partial charge on any atom is 0.239 e. The Morgan fingerprint density at radius 1 is 1.00 bits per heavy atom. The molecule has 130 valence electrons. The first kappa shape index (κ1) is 17.2. The van der Waals surface area contributed by atoms with Gasteiger partial charge in [-0.15, -0.1) is 0 Å². The van der Waals surface area contributed by atoms with E-state index in [-0.39, 0.29) is 23.3 Å². The normalized spacial score (nSPS) is 20.1. The summed E-state index contributed by atoms with van der Waals surface area (Å²) in [7, 11) is 0. The summed E-state index contributed by atoms with van der Waals surface area (Å²) >= 11 is 0. The van der Waals surface area contributed by atoms with Gasteiger partial charge in [-0.1, -0.05) is 69.3 Å². The number of likely N-dealkylation sites (tertiary alicyclic amines) is 1. The van der Waals surface area contributed by atoms with E-state index in [0.717, 1.165) is 11.3 Å². The highest BCUT2D eigenvalue weighted by molar-refractivity contribution is 6.10. The Morgan fingerprint density at radius 2 is 1.56 bits per heavy atom. The molecule has 3 rings (SSSR count). The fraction of sp³-hybridized carbons (Fsp3) is 0.333. The number of amides is 2. The number of rotatable bonds is 4. The van der Waals surface area contributed by atoms with Crippen molar-refractivity contribution in [2.45, 2.75) is 33.4 Å². The average Bonchev–Trinajstić information content (AvgIpc) is 2.58. The lowest BCUT2D eigenvalue weighted by Crippen LogP contribution is -2.68. The second-order valence-electron chi connectivity index (χ2n) is 7.60. The Kier molecular flexibility index (Phi) is 4.62. The lowest BCUT2D eigenvalue weighted by Gasteiger charge is -2.52. The zero-order chi connectivity index (χ0) is 18.0. The Hall–Kier alpha value is -2.62. The molecule has 0 saturated carbocycles.